The SMILES string of the molecule is CCN(CC)C1(CC(=O)O)CC(C(C)C)C1. The summed E-state index contributed by atoms with van der Waals surface area (Å²) < 4.78 is 0. The van der Waals surface area contributed by atoms with E-state index in [1.165, 1.54) is 0 Å². The summed E-state index contributed by atoms with van der Waals surface area (Å²) >= 11 is 0. The molecule has 1 rings (SSSR count). The van der Waals surface area contributed by atoms with Gasteiger partial charge >= 0.3 is 5.97 Å². The van der Waals surface area contributed by atoms with Gasteiger partial charge in [0.1, 0.15) is 0 Å². The first-order valence-corrected chi connectivity index (χ1v) is 6.42. The number of hydrogen-bond donors (Lipinski definition) is 1. The van der Waals surface area contributed by atoms with Gasteiger partial charge in [-0.3, -0.25) is 9.69 Å². The van der Waals surface area contributed by atoms with E-state index in [-0.39, 0.29) is 5.54 Å². The summed E-state index contributed by atoms with van der Waals surface area (Å²) in [6.07, 6.45) is 2.41. The van der Waals surface area contributed by atoms with E-state index < -0.39 is 5.97 Å². The van der Waals surface area contributed by atoms with Gasteiger partial charge in [-0.05, 0) is 37.8 Å². The Kier molecular flexibility index (Phi) is 4.36. The third-order valence-electron chi connectivity index (χ3n) is 4.14. The van der Waals surface area contributed by atoms with Crippen LogP contribution in [-0.4, -0.2) is 34.6 Å². The van der Waals surface area contributed by atoms with Crippen molar-refractivity contribution in [3.05, 3.63) is 0 Å². The van der Waals surface area contributed by atoms with Crippen LogP contribution in [0.15, 0.2) is 0 Å². The molecular weight excluding hydrogens is 202 g/mol. The Balaban J connectivity index is 2.69. The molecule has 3 nitrogen and oxygen atoms in total. The smallest absolute Gasteiger partial charge is 0.305 e. The summed E-state index contributed by atoms with van der Waals surface area (Å²) in [4.78, 5) is 13.3. The molecule has 94 valence electrons. The number of carboxylic acid groups (broad SMARTS) is 1. The van der Waals surface area contributed by atoms with Crippen molar-refractivity contribution in [2.45, 2.75) is 52.5 Å². The van der Waals surface area contributed by atoms with Gasteiger partial charge in [0.25, 0.3) is 0 Å². The molecule has 0 radical (unpaired) electrons. The van der Waals surface area contributed by atoms with Gasteiger partial charge in [0.15, 0.2) is 0 Å². The van der Waals surface area contributed by atoms with Gasteiger partial charge in [0, 0.05) is 5.54 Å². The minimum absolute atomic E-state index is 0.0513. The van der Waals surface area contributed by atoms with Crippen molar-refractivity contribution in [1.82, 2.24) is 4.90 Å². The van der Waals surface area contributed by atoms with Crippen LogP contribution < -0.4 is 0 Å². The molecule has 0 saturated heterocycles. The highest BCUT2D eigenvalue weighted by atomic mass is 16.4. The molecule has 0 aromatic carbocycles. The highest BCUT2D eigenvalue weighted by Crippen LogP contribution is 2.48. The second kappa shape index (κ2) is 5.17. The Labute approximate surface area is 98.8 Å². The number of nitrogens with zero attached hydrogens (tertiary/aromatic N) is 1. The predicted molar refractivity (Wildman–Crippen MR) is 65.5 cm³/mol. The number of aliphatic carboxylic acids is 1. The van der Waals surface area contributed by atoms with E-state index in [9.17, 15) is 4.79 Å². The lowest BCUT2D eigenvalue weighted by Crippen LogP contribution is -2.59. The molecule has 0 aromatic rings. The molecule has 0 heterocycles. The third-order valence-corrected chi connectivity index (χ3v) is 4.14. The molecule has 0 aromatic heterocycles. The number of hydrogen-bond acceptors (Lipinski definition) is 2. The summed E-state index contributed by atoms with van der Waals surface area (Å²) in [7, 11) is 0. The Morgan fingerprint density at radius 2 is 1.88 bits per heavy atom. The molecule has 0 spiro atoms. The van der Waals surface area contributed by atoms with E-state index in [2.05, 4.69) is 32.6 Å². The first-order valence-electron chi connectivity index (χ1n) is 6.42. The van der Waals surface area contributed by atoms with Gasteiger partial charge < -0.3 is 5.11 Å². The first kappa shape index (κ1) is 13.5. The molecule has 1 fully saturated rings. The van der Waals surface area contributed by atoms with Crippen LogP contribution in [0.1, 0.15) is 47.0 Å². The Morgan fingerprint density at radius 3 is 2.19 bits per heavy atom. The van der Waals surface area contributed by atoms with Gasteiger partial charge in [-0.1, -0.05) is 27.7 Å². The second-order valence-corrected chi connectivity index (χ2v) is 5.38. The highest BCUT2D eigenvalue weighted by molar-refractivity contribution is 5.68. The lowest BCUT2D eigenvalue weighted by Gasteiger charge is -2.55. The van der Waals surface area contributed by atoms with Gasteiger partial charge in [-0.25, -0.2) is 0 Å². The molecule has 1 aliphatic rings. The van der Waals surface area contributed by atoms with E-state index in [1.807, 2.05) is 0 Å². The molecule has 0 unspecified atom stereocenters. The molecule has 1 N–H and O–H groups in total. The van der Waals surface area contributed by atoms with Crippen molar-refractivity contribution in [2.24, 2.45) is 11.8 Å². The zero-order valence-corrected chi connectivity index (χ0v) is 11.0. The summed E-state index contributed by atoms with van der Waals surface area (Å²) in [6.45, 7) is 10.6. The van der Waals surface area contributed by atoms with Crippen molar-refractivity contribution in [3.8, 4) is 0 Å². The minimum atomic E-state index is -0.658. The lowest BCUT2D eigenvalue weighted by molar-refractivity contribution is -0.145. The maximum absolute atomic E-state index is 11.0. The average Bonchev–Trinajstić information content (AvgIpc) is 2.13. The van der Waals surface area contributed by atoms with Crippen LogP contribution in [0.4, 0.5) is 0 Å². The van der Waals surface area contributed by atoms with Crippen LogP contribution in [0.5, 0.6) is 0 Å². The summed E-state index contributed by atoms with van der Waals surface area (Å²) in [5.74, 6) is 0.728. The minimum Gasteiger partial charge on any atom is -0.481 e. The van der Waals surface area contributed by atoms with E-state index in [1.54, 1.807) is 0 Å². The van der Waals surface area contributed by atoms with Crippen molar-refractivity contribution in [3.63, 3.8) is 0 Å². The fourth-order valence-electron chi connectivity index (χ4n) is 3.08. The monoisotopic (exact) mass is 227 g/mol. The van der Waals surface area contributed by atoms with E-state index in [0.717, 1.165) is 25.9 Å². The van der Waals surface area contributed by atoms with Crippen molar-refractivity contribution in [2.75, 3.05) is 13.1 Å². The van der Waals surface area contributed by atoms with Crippen LogP contribution >= 0.6 is 0 Å². The van der Waals surface area contributed by atoms with Gasteiger partial charge in [-0.15, -0.1) is 0 Å². The Hall–Kier alpha value is -0.570. The van der Waals surface area contributed by atoms with Crippen LogP contribution in [0.25, 0.3) is 0 Å². The van der Waals surface area contributed by atoms with Crippen LogP contribution in [0, 0.1) is 11.8 Å². The third kappa shape index (κ3) is 2.57. The van der Waals surface area contributed by atoms with Gasteiger partial charge in [0.2, 0.25) is 0 Å². The molecule has 0 atom stereocenters. The van der Waals surface area contributed by atoms with Crippen molar-refractivity contribution >= 4 is 5.97 Å². The van der Waals surface area contributed by atoms with Crippen LogP contribution in [0.3, 0.4) is 0 Å². The Bertz CT molecular complexity index is 240. The van der Waals surface area contributed by atoms with Gasteiger partial charge in [-0.2, -0.15) is 0 Å². The largest absolute Gasteiger partial charge is 0.481 e. The zero-order valence-electron chi connectivity index (χ0n) is 11.0. The molecule has 16 heavy (non-hydrogen) atoms. The van der Waals surface area contributed by atoms with Crippen LogP contribution in [0.2, 0.25) is 0 Å². The number of rotatable bonds is 6. The molecule has 1 aliphatic carbocycles. The average molecular weight is 227 g/mol. The molecule has 0 bridgehead atoms. The molecule has 3 heteroatoms. The van der Waals surface area contributed by atoms with E-state index in [4.69, 9.17) is 5.11 Å². The van der Waals surface area contributed by atoms with Crippen molar-refractivity contribution < 1.29 is 9.90 Å². The Morgan fingerprint density at radius 1 is 1.38 bits per heavy atom. The summed E-state index contributed by atoms with van der Waals surface area (Å²) in [5.41, 5.74) is -0.0513. The fourth-order valence-corrected chi connectivity index (χ4v) is 3.08. The number of carboxylic acids is 1. The molecule has 0 aliphatic heterocycles. The van der Waals surface area contributed by atoms with Gasteiger partial charge in [0.05, 0.1) is 6.42 Å². The van der Waals surface area contributed by atoms with Crippen LogP contribution in [-0.2, 0) is 4.79 Å². The standard InChI is InChI=1S/C13H25NO2/c1-5-14(6-2)13(9-12(15)16)7-11(8-13)10(3)4/h10-11H,5-9H2,1-4H3,(H,15,16). The maximum atomic E-state index is 11.0. The first-order chi connectivity index (χ1) is 7.45. The predicted octanol–water partition coefficient (Wildman–Crippen LogP) is 2.61. The van der Waals surface area contributed by atoms with E-state index in [0.29, 0.717) is 18.3 Å². The summed E-state index contributed by atoms with van der Waals surface area (Å²) in [5, 5.41) is 9.05. The topological polar surface area (TPSA) is 40.5 Å². The normalized spacial score (nSPS) is 29.5. The van der Waals surface area contributed by atoms with Crippen molar-refractivity contribution in [1.29, 1.82) is 0 Å². The number of carbonyl (C=O) groups is 1. The second-order valence-electron chi connectivity index (χ2n) is 5.38. The van der Waals surface area contributed by atoms with E-state index >= 15 is 0 Å². The zero-order chi connectivity index (χ0) is 12.3. The molecule has 1 saturated carbocycles. The quantitative estimate of drug-likeness (QED) is 0.758. The molecule has 0 amide bonds. The summed E-state index contributed by atoms with van der Waals surface area (Å²) in [6, 6.07) is 0. The molecular formula is C13H25NO2. The highest BCUT2D eigenvalue weighted by Gasteiger charge is 2.49. The lowest BCUT2D eigenvalue weighted by atomic mass is 9.61. The fraction of sp³-hybridized carbons (Fsp3) is 0.923. The maximum Gasteiger partial charge on any atom is 0.305 e.